The van der Waals surface area contributed by atoms with Gasteiger partial charge in [0, 0.05) is 22.2 Å². The van der Waals surface area contributed by atoms with Crippen molar-refractivity contribution in [2.75, 3.05) is 6.61 Å². The highest BCUT2D eigenvalue weighted by Crippen LogP contribution is 2.35. The first-order chi connectivity index (χ1) is 11.0. The normalized spacial score (nSPS) is 11.3. The van der Waals surface area contributed by atoms with Gasteiger partial charge in [0.1, 0.15) is 9.88 Å². The fourth-order valence-corrected chi connectivity index (χ4v) is 3.64. The van der Waals surface area contributed by atoms with E-state index in [9.17, 15) is 4.79 Å². The number of halogens is 1. The largest absolute Gasteiger partial charge is 0.462 e. The van der Waals surface area contributed by atoms with Gasteiger partial charge in [0.05, 0.1) is 17.8 Å². The summed E-state index contributed by atoms with van der Waals surface area (Å²) in [5.74, 6) is -0.00673. The highest BCUT2D eigenvalue weighted by Gasteiger charge is 2.16. The van der Waals surface area contributed by atoms with Gasteiger partial charge >= 0.3 is 5.97 Å². The molecule has 6 heteroatoms. The summed E-state index contributed by atoms with van der Waals surface area (Å²) >= 11 is 7.81. The molecule has 0 fully saturated rings. The molecular weight excluding hydrogens is 332 g/mol. The van der Waals surface area contributed by atoms with E-state index in [0.717, 1.165) is 32.2 Å². The van der Waals surface area contributed by atoms with Crippen LogP contribution in [0.3, 0.4) is 0 Å². The van der Waals surface area contributed by atoms with E-state index in [1.807, 2.05) is 18.2 Å². The van der Waals surface area contributed by atoms with Gasteiger partial charge in [0.2, 0.25) is 0 Å². The van der Waals surface area contributed by atoms with E-state index in [1.54, 1.807) is 13.1 Å². The van der Waals surface area contributed by atoms with Crippen LogP contribution in [-0.2, 0) is 4.74 Å². The Morgan fingerprint density at radius 3 is 2.91 bits per heavy atom. The number of hydrogen-bond acceptors (Lipinski definition) is 4. The van der Waals surface area contributed by atoms with Crippen molar-refractivity contribution in [2.24, 2.45) is 0 Å². The molecule has 0 unspecified atom stereocenters. The molecule has 0 aliphatic rings. The summed E-state index contributed by atoms with van der Waals surface area (Å²) in [7, 11) is 0. The summed E-state index contributed by atoms with van der Waals surface area (Å²) < 4.78 is 5.00. The van der Waals surface area contributed by atoms with Crippen molar-refractivity contribution in [3.63, 3.8) is 0 Å². The number of hydrogen-bond donors (Lipinski definition) is 1. The molecule has 3 aromatic rings. The van der Waals surface area contributed by atoms with Gasteiger partial charge in [-0.1, -0.05) is 25.4 Å². The molecule has 2 heterocycles. The Morgan fingerprint density at radius 1 is 1.43 bits per heavy atom. The van der Waals surface area contributed by atoms with Gasteiger partial charge in [0.25, 0.3) is 0 Å². The Morgan fingerprint density at radius 2 is 2.22 bits per heavy atom. The molecule has 0 atom stereocenters. The van der Waals surface area contributed by atoms with Crippen LogP contribution in [0, 0.1) is 0 Å². The number of benzene rings is 1. The van der Waals surface area contributed by atoms with Crippen molar-refractivity contribution in [1.82, 2.24) is 9.97 Å². The molecule has 0 aliphatic carbocycles. The van der Waals surface area contributed by atoms with Gasteiger partial charge in [-0.05, 0) is 31.0 Å². The number of carbonyl (C=O) groups is 1. The second kappa shape index (κ2) is 6.34. The molecule has 2 aromatic heterocycles. The van der Waals surface area contributed by atoms with Gasteiger partial charge < -0.3 is 9.72 Å². The number of nitrogens with one attached hydrogen (secondary N) is 1. The quantitative estimate of drug-likeness (QED) is 0.655. The van der Waals surface area contributed by atoms with Crippen molar-refractivity contribution >= 4 is 39.8 Å². The number of nitrogens with zero attached hydrogens (tertiary/aromatic N) is 1. The van der Waals surface area contributed by atoms with Crippen molar-refractivity contribution in [3.8, 4) is 10.6 Å². The summed E-state index contributed by atoms with van der Waals surface area (Å²) in [6, 6.07) is 5.98. The molecule has 0 saturated heterocycles. The Balaban J connectivity index is 2.00. The van der Waals surface area contributed by atoms with Crippen LogP contribution in [0.1, 0.15) is 42.1 Å². The number of aromatic nitrogens is 2. The first-order valence-corrected chi connectivity index (χ1v) is 8.65. The monoisotopic (exact) mass is 348 g/mol. The summed E-state index contributed by atoms with van der Waals surface area (Å²) in [6.45, 7) is 6.34. The first kappa shape index (κ1) is 16.0. The molecule has 120 valence electrons. The molecule has 1 aromatic carbocycles. The van der Waals surface area contributed by atoms with Crippen LogP contribution in [0.25, 0.3) is 21.5 Å². The zero-order chi connectivity index (χ0) is 16.6. The summed E-state index contributed by atoms with van der Waals surface area (Å²) in [5.41, 5.74) is 2.98. The lowest BCUT2D eigenvalue weighted by molar-refractivity contribution is 0.0532. The van der Waals surface area contributed by atoms with E-state index in [1.165, 1.54) is 11.3 Å². The number of ether oxygens (including phenoxy) is 1. The fraction of sp³-hybridized carbons (Fsp3) is 0.294. The third-order valence-electron chi connectivity index (χ3n) is 3.57. The van der Waals surface area contributed by atoms with E-state index in [-0.39, 0.29) is 5.97 Å². The fourth-order valence-electron chi connectivity index (χ4n) is 2.41. The Bertz CT molecular complexity index is 867. The Kier molecular flexibility index (Phi) is 4.41. The lowest BCUT2D eigenvalue weighted by atomic mass is 10.1. The van der Waals surface area contributed by atoms with Crippen LogP contribution < -0.4 is 0 Å². The first-order valence-electron chi connectivity index (χ1n) is 7.45. The van der Waals surface area contributed by atoms with Crippen LogP contribution >= 0.6 is 22.9 Å². The standard InChI is InChI=1S/C17H17ClN2O2S/c1-4-22-17(21)13-8-19-16(23-13)10-5-6-12-11(7-10)14(18)15(20-12)9(2)3/h5-9,20H,4H2,1-3H3. The van der Waals surface area contributed by atoms with Gasteiger partial charge in [-0.25, -0.2) is 9.78 Å². The molecule has 0 spiro atoms. The zero-order valence-corrected chi connectivity index (χ0v) is 14.7. The van der Waals surface area contributed by atoms with Crippen molar-refractivity contribution in [3.05, 3.63) is 40.0 Å². The lowest BCUT2D eigenvalue weighted by Crippen LogP contribution is -2.01. The number of fused-ring (bicyclic) bond motifs is 1. The predicted molar refractivity (Wildman–Crippen MR) is 94.5 cm³/mol. The minimum Gasteiger partial charge on any atom is -0.462 e. The second-order valence-corrected chi connectivity index (χ2v) is 6.93. The molecule has 3 rings (SSSR count). The predicted octanol–water partition coefficient (Wildman–Crippen LogP) is 5.24. The zero-order valence-electron chi connectivity index (χ0n) is 13.1. The van der Waals surface area contributed by atoms with E-state index in [4.69, 9.17) is 16.3 Å². The number of esters is 1. The van der Waals surface area contributed by atoms with Crippen LogP contribution in [0.5, 0.6) is 0 Å². The topological polar surface area (TPSA) is 55.0 Å². The van der Waals surface area contributed by atoms with Crippen LogP contribution in [-0.4, -0.2) is 22.5 Å². The molecule has 1 N–H and O–H groups in total. The van der Waals surface area contributed by atoms with E-state index >= 15 is 0 Å². The minimum absolute atomic E-state index is 0.327. The van der Waals surface area contributed by atoms with Crippen molar-refractivity contribution in [1.29, 1.82) is 0 Å². The molecular formula is C17H17ClN2O2S. The number of aromatic amines is 1. The highest BCUT2D eigenvalue weighted by molar-refractivity contribution is 7.16. The maximum Gasteiger partial charge on any atom is 0.349 e. The molecule has 0 saturated carbocycles. The summed E-state index contributed by atoms with van der Waals surface area (Å²) in [6.07, 6.45) is 1.56. The summed E-state index contributed by atoms with van der Waals surface area (Å²) in [5, 5.41) is 2.50. The third kappa shape index (κ3) is 2.99. The smallest absolute Gasteiger partial charge is 0.349 e. The number of carbonyl (C=O) groups excluding carboxylic acids is 1. The Labute approximate surface area is 143 Å². The average molecular weight is 349 g/mol. The molecule has 0 bridgehead atoms. The van der Waals surface area contributed by atoms with E-state index < -0.39 is 0 Å². The van der Waals surface area contributed by atoms with E-state index in [2.05, 4.69) is 23.8 Å². The van der Waals surface area contributed by atoms with Crippen molar-refractivity contribution < 1.29 is 9.53 Å². The van der Waals surface area contributed by atoms with Crippen LogP contribution in [0.2, 0.25) is 5.02 Å². The number of thiazole rings is 1. The molecule has 0 aliphatic heterocycles. The number of H-pyrrole nitrogens is 1. The van der Waals surface area contributed by atoms with Crippen LogP contribution in [0.15, 0.2) is 24.4 Å². The average Bonchev–Trinajstić information content (AvgIpc) is 3.13. The number of rotatable bonds is 4. The lowest BCUT2D eigenvalue weighted by Gasteiger charge is -2.00. The molecule has 0 amide bonds. The van der Waals surface area contributed by atoms with Gasteiger partial charge in [-0.2, -0.15) is 0 Å². The molecule has 4 nitrogen and oxygen atoms in total. The highest BCUT2D eigenvalue weighted by atomic mass is 35.5. The maximum absolute atomic E-state index is 11.8. The molecule has 23 heavy (non-hydrogen) atoms. The van der Waals surface area contributed by atoms with Gasteiger partial charge in [-0.3, -0.25) is 0 Å². The van der Waals surface area contributed by atoms with Crippen LogP contribution in [0.4, 0.5) is 0 Å². The van der Waals surface area contributed by atoms with E-state index in [0.29, 0.717) is 17.4 Å². The van der Waals surface area contributed by atoms with Gasteiger partial charge in [0.15, 0.2) is 0 Å². The second-order valence-electron chi connectivity index (χ2n) is 5.52. The maximum atomic E-state index is 11.8. The molecule has 0 radical (unpaired) electrons. The van der Waals surface area contributed by atoms with Crippen molar-refractivity contribution in [2.45, 2.75) is 26.7 Å². The summed E-state index contributed by atoms with van der Waals surface area (Å²) in [4.78, 5) is 20.0. The minimum atomic E-state index is -0.334. The SMILES string of the molecule is CCOC(=O)c1cnc(-c2ccc3[nH]c(C(C)C)c(Cl)c3c2)s1. The Hall–Kier alpha value is -1.85. The third-order valence-corrected chi connectivity index (χ3v) is 5.00. The van der Waals surface area contributed by atoms with Gasteiger partial charge in [-0.15, -0.1) is 11.3 Å².